The largest absolute Gasteiger partial charge is 0.469 e. The molecule has 0 N–H and O–H groups in total. The molecule has 0 amide bonds. The summed E-state index contributed by atoms with van der Waals surface area (Å²) < 4.78 is 17.2. The molecule has 1 heterocycles. The van der Waals surface area contributed by atoms with Gasteiger partial charge >= 0.3 is 5.97 Å². The summed E-state index contributed by atoms with van der Waals surface area (Å²) in [6.07, 6.45) is 8.31. The molecule has 21 heavy (non-hydrogen) atoms. The zero-order valence-electron chi connectivity index (χ0n) is 12.8. The minimum absolute atomic E-state index is 0.0121. The summed E-state index contributed by atoms with van der Waals surface area (Å²) in [5, 5.41) is 0. The van der Waals surface area contributed by atoms with Gasteiger partial charge in [0, 0.05) is 6.61 Å². The van der Waals surface area contributed by atoms with E-state index in [1.54, 1.807) is 0 Å². The molecule has 5 rings (SSSR count). The second-order valence-corrected chi connectivity index (χ2v) is 7.44. The van der Waals surface area contributed by atoms with Gasteiger partial charge in [0.05, 0.1) is 19.1 Å². The van der Waals surface area contributed by atoms with Crippen molar-refractivity contribution in [1.29, 1.82) is 0 Å². The van der Waals surface area contributed by atoms with Crippen LogP contribution in [-0.2, 0) is 19.0 Å². The monoisotopic (exact) mass is 294 g/mol. The molecular formula is C17H26O4. The smallest absolute Gasteiger partial charge is 0.309 e. The van der Waals surface area contributed by atoms with Gasteiger partial charge in [0.15, 0.2) is 6.29 Å². The minimum Gasteiger partial charge on any atom is -0.469 e. The van der Waals surface area contributed by atoms with Crippen LogP contribution in [0.25, 0.3) is 0 Å². The second kappa shape index (κ2) is 5.54. The Morgan fingerprint density at radius 3 is 2.71 bits per heavy atom. The lowest BCUT2D eigenvalue weighted by molar-refractivity contribution is -0.248. The molecule has 1 saturated heterocycles. The number of hydrogen-bond donors (Lipinski definition) is 0. The van der Waals surface area contributed by atoms with Crippen LogP contribution in [0, 0.1) is 29.6 Å². The number of carbonyl (C=O) groups excluding carboxylic acids is 1. The van der Waals surface area contributed by atoms with E-state index in [-0.39, 0.29) is 24.3 Å². The first-order valence-corrected chi connectivity index (χ1v) is 8.61. The van der Waals surface area contributed by atoms with E-state index in [9.17, 15) is 4.79 Å². The lowest BCUT2D eigenvalue weighted by Gasteiger charge is -2.57. The highest BCUT2D eigenvalue weighted by molar-refractivity contribution is 5.73. The van der Waals surface area contributed by atoms with E-state index in [0.29, 0.717) is 17.8 Å². The molecular weight excluding hydrogens is 268 g/mol. The fraction of sp³-hybridized carbons (Fsp3) is 0.941. The van der Waals surface area contributed by atoms with Gasteiger partial charge in [0.25, 0.3) is 0 Å². The van der Waals surface area contributed by atoms with Crippen LogP contribution in [0.4, 0.5) is 0 Å². The third kappa shape index (κ3) is 2.40. The molecule has 5 fully saturated rings. The molecule has 118 valence electrons. The first-order valence-electron chi connectivity index (χ1n) is 8.61. The summed E-state index contributed by atoms with van der Waals surface area (Å²) in [6.45, 7) is 0.818. The maximum atomic E-state index is 12.2. The predicted octanol–water partition coefficient (Wildman–Crippen LogP) is 2.75. The Hall–Kier alpha value is -0.610. The standard InChI is InChI=1S/C17H26O4/c1-19-17(18)15-11-6-10-7-12(9-11)16(13(15)8-10)21-14-4-2-3-5-20-14/h10-16H,2-9H2,1H3/t10-,11-,12-,13-,14-,15+,16-/m0/s1. The molecule has 0 radical (unpaired) electrons. The van der Waals surface area contributed by atoms with Crippen molar-refractivity contribution >= 4 is 5.97 Å². The van der Waals surface area contributed by atoms with E-state index in [1.807, 2.05) is 0 Å². The first kappa shape index (κ1) is 14.0. The molecule has 0 aromatic carbocycles. The maximum absolute atomic E-state index is 12.2. The number of hydrogen-bond acceptors (Lipinski definition) is 4. The van der Waals surface area contributed by atoms with Crippen molar-refractivity contribution in [3.05, 3.63) is 0 Å². The zero-order valence-corrected chi connectivity index (χ0v) is 12.8. The van der Waals surface area contributed by atoms with E-state index in [0.717, 1.165) is 38.2 Å². The SMILES string of the molecule is COC(=O)[C@@H]1[C@H]2C[C@H]3C[C@@H](C2)[C@H](O[C@H]2CCCCO2)[C@H]1C3. The Balaban J connectivity index is 1.51. The highest BCUT2D eigenvalue weighted by Gasteiger charge is 2.57. The Bertz CT molecular complexity index is 404. The number of rotatable bonds is 3. The fourth-order valence-electron chi connectivity index (χ4n) is 5.57. The molecule has 1 aliphatic heterocycles. The lowest BCUT2D eigenvalue weighted by atomic mass is 9.50. The summed E-state index contributed by atoms with van der Waals surface area (Å²) >= 11 is 0. The number of methoxy groups -OCH3 is 1. The van der Waals surface area contributed by atoms with Crippen LogP contribution in [0.3, 0.4) is 0 Å². The molecule has 4 aliphatic carbocycles. The van der Waals surface area contributed by atoms with E-state index in [2.05, 4.69) is 0 Å². The first-order chi connectivity index (χ1) is 10.3. The van der Waals surface area contributed by atoms with Gasteiger partial charge in [-0.3, -0.25) is 4.79 Å². The van der Waals surface area contributed by atoms with E-state index >= 15 is 0 Å². The third-order valence-electron chi connectivity index (χ3n) is 6.26. The van der Waals surface area contributed by atoms with Crippen molar-refractivity contribution in [3.63, 3.8) is 0 Å². The van der Waals surface area contributed by atoms with Crippen LogP contribution in [0.5, 0.6) is 0 Å². The van der Waals surface area contributed by atoms with Gasteiger partial charge in [-0.25, -0.2) is 0 Å². The molecule has 7 atom stereocenters. The van der Waals surface area contributed by atoms with Gasteiger partial charge in [-0.05, 0) is 68.6 Å². The molecule has 4 saturated carbocycles. The quantitative estimate of drug-likeness (QED) is 0.751. The van der Waals surface area contributed by atoms with Crippen molar-refractivity contribution in [2.45, 2.75) is 57.3 Å². The molecule has 0 aromatic heterocycles. The van der Waals surface area contributed by atoms with Crippen LogP contribution < -0.4 is 0 Å². The molecule has 0 unspecified atom stereocenters. The molecule has 0 aromatic rings. The summed E-state index contributed by atoms with van der Waals surface area (Å²) in [5.74, 6) is 2.40. The van der Waals surface area contributed by atoms with E-state index in [1.165, 1.54) is 26.4 Å². The van der Waals surface area contributed by atoms with Crippen molar-refractivity contribution in [2.24, 2.45) is 29.6 Å². The van der Waals surface area contributed by atoms with Crippen LogP contribution in [0.2, 0.25) is 0 Å². The van der Waals surface area contributed by atoms with Crippen molar-refractivity contribution in [2.75, 3.05) is 13.7 Å². The van der Waals surface area contributed by atoms with Gasteiger partial charge in [-0.15, -0.1) is 0 Å². The van der Waals surface area contributed by atoms with Gasteiger partial charge in [-0.2, -0.15) is 0 Å². The molecule has 5 aliphatic rings. The highest BCUT2D eigenvalue weighted by Crippen LogP contribution is 2.58. The van der Waals surface area contributed by atoms with Crippen LogP contribution >= 0.6 is 0 Å². The van der Waals surface area contributed by atoms with Gasteiger partial charge in [0.1, 0.15) is 0 Å². The zero-order chi connectivity index (χ0) is 14.4. The Morgan fingerprint density at radius 1 is 1.10 bits per heavy atom. The number of esters is 1. The molecule has 4 nitrogen and oxygen atoms in total. The van der Waals surface area contributed by atoms with Gasteiger partial charge in [0.2, 0.25) is 0 Å². The molecule has 4 heteroatoms. The van der Waals surface area contributed by atoms with E-state index < -0.39 is 0 Å². The molecule has 4 bridgehead atoms. The van der Waals surface area contributed by atoms with Gasteiger partial charge in [-0.1, -0.05) is 0 Å². The van der Waals surface area contributed by atoms with Crippen LogP contribution in [0.15, 0.2) is 0 Å². The molecule has 0 spiro atoms. The van der Waals surface area contributed by atoms with Gasteiger partial charge < -0.3 is 14.2 Å². The summed E-state index contributed by atoms with van der Waals surface area (Å²) in [4.78, 5) is 12.2. The lowest BCUT2D eigenvalue weighted by Crippen LogP contribution is -2.57. The average Bonchev–Trinajstić information content (AvgIpc) is 2.51. The van der Waals surface area contributed by atoms with Crippen molar-refractivity contribution in [1.82, 2.24) is 0 Å². The predicted molar refractivity (Wildman–Crippen MR) is 76.4 cm³/mol. The normalized spacial score (nSPS) is 48.3. The van der Waals surface area contributed by atoms with Crippen LogP contribution in [0.1, 0.15) is 44.9 Å². The third-order valence-corrected chi connectivity index (χ3v) is 6.26. The van der Waals surface area contributed by atoms with Crippen LogP contribution in [-0.4, -0.2) is 32.1 Å². The van der Waals surface area contributed by atoms with E-state index in [4.69, 9.17) is 14.2 Å². The summed E-state index contributed by atoms with van der Waals surface area (Å²) in [6, 6.07) is 0. The second-order valence-electron chi connectivity index (χ2n) is 7.44. The average molecular weight is 294 g/mol. The minimum atomic E-state index is -0.0421. The summed E-state index contributed by atoms with van der Waals surface area (Å²) in [7, 11) is 1.52. The Labute approximate surface area is 126 Å². The van der Waals surface area contributed by atoms with Crippen molar-refractivity contribution in [3.8, 4) is 0 Å². The topological polar surface area (TPSA) is 44.8 Å². The highest BCUT2D eigenvalue weighted by atomic mass is 16.7. The summed E-state index contributed by atoms with van der Waals surface area (Å²) in [5.41, 5.74) is 0. The Kier molecular flexibility index (Phi) is 3.70. The number of ether oxygens (including phenoxy) is 3. The van der Waals surface area contributed by atoms with Crippen molar-refractivity contribution < 1.29 is 19.0 Å². The fourth-order valence-corrected chi connectivity index (χ4v) is 5.57. The Morgan fingerprint density at radius 2 is 1.95 bits per heavy atom. The number of carbonyl (C=O) groups is 1. The maximum Gasteiger partial charge on any atom is 0.309 e.